The first-order valence-electron chi connectivity index (χ1n) is 22.1. The molecular formula is C58H36N8O. The van der Waals surface area contributed by atoms with Gasteiger partial charge >= 0.3 is 0 Å². The van der Waals surface area contributed by atoms with E-state index in [1.54, 1.807) is 0 Å². The maximum Gasteiger partial charge on any atom is 0.248 e. The Bertz CT molecular complexity index is 3600. The smallest absolute Gasteiger partial charge is 0.248 e. The molecule has 13 rings (SSSR count). The fraction of sp³-hybridized carbons (Fsp3) is 0. The highest BCUT2D eigenvalue weighted by atomic mass is 16.4. The molecule has 0 bridgehead atoms. The van der Waals surface area contributed by atoms with Crippen LogP contribution in [0.15, 0.2) is 223 Å². The topological polar surface area (TPSA) is 100 Å². The second kappa shape index (κ2) is 15.7. The van der Waals surface area contributed by atoms with Gasteiger partial charge in [-0.3, -0.25) is 9.13 Å². The summed E-state index contributed by atoms with van der Waals surface area (Å²) >= 11 is 0. The van der Waals surface area contributed by atoms with Crippen molar-refractivity contribution in [2.24, 2.45) is 0 Å². The minimum absolute atomic E-state index is 0.421. The van der Waals surface area contributed by atoms with Gasteiger partial charge in [-0.05, 0) is 60.7 Å². The monoisotopic (exact) mass is 860 g/mol. The molecule has 13 aromatic rings. The van der Waals surface area contributed by atoms with Gasteiger partial charge in [0, 0.05) is 54.9 Å². The number of fused-ring (bicyclic) bond motifs is 6. The van der Waals surface area contributed by atoms with Gasteiger partial charge in [0.05, 0.1) is 44.8 Å². The molecule has 0 unspecified atom stereocenters. The molecule has 8 aromatic carbocycles. The van der Waals surface area contributed by atoms with E-state index in [1.807, 2.05) is 97.1 Å². The fourth-order valence-electron chi connectivity index (χ4n) is 9.20. The Morgan fingerprint density at radius 1 is 0.269 bits per heavy atom. The molecule has 0 atom stereocenters. The van der Waals surface area contributed by atoms with Gasteiger partial charge in [-0.2, -0.15) is 0 Å². The molecule has 0 aliphatic heterocycles. The average Bonchev–Trinajstić information content (AvgIpc) is 4.13. The molecule has 0 radical (unpaired) electrons. The molecular weight excluding hydrogens is 825 g/mol. The van der Waals surface area contributed by atoms with Crippen LogP contribution in [-0.4, -0.2) is 39.3 Å². The number of aromatic nitrogens is 8. The van der Waals surface area contributed by atoms with Crippen molar-refractivity contribution in [3.63, 3.8) is 0 Å². The molecule has 0 aliphatic carbocycles. The van der Waals surface area contributed by atoms with E-state index in [4.69, 9.17) is 24.4 Å². The summed E-state index contributed by atoms with van der Waals surface area (Å²) in [7, 11) is 0. The molecule has 314 valence electrons. The van der Waals surface area contributed by atoms with Crippen LogP contribution in [0.3, 0.4) is 0 Å². The van der Waals surface area contributed by atoms with Crippen molar-refractivity contribution in [3.05, 3.63) is 218 Å². The van der Waals surface area contributed by atoms with Crippen LogP contribution in [0.4, 0.5) is 0 Å². The summed E-state index contributed by atoms with van der Waals surface area (Å²) in [4.78, 5) is 20.7. The summed E-state index contributed by atoms with van der Waals surface area (Å²) in [5.74, 6) is 2.01. The fourth-order valence-corrected chi connectivity index (χ4v) is 9.20. The van der Waals surface area contributed by atoms with Gasteiger partial charge in [0.15, 0.2) is 0 Å². The zero-order chi connectivity index (χ0) is 44.3. The van der Waals surface area contributed by atoms with Crippen LogP contribution in [0.2, 0.25) is 0 Å². The number of nitrogens with zero attached hydrogens (tertiary/aromatic N) is 8. The highest BCUT2D eigenvalue weighted by Crippen LogP contribution is 2.38. The van der Waals surface area contributed by atoms with E-state index < -0.39 is 0 Å². The summed E-state index contributed by atoms with van der Waals surface area (Å²) < 4.78 is 10.8. The van der Waals surface area contributed by atoms with Crippen molar-refractivity contribution in [3.8, 4) is 79.8 Å². The molecule has 0 N–H and O–H groups in total. The standard InChI is InChI=1S/C58H36N8O/c1-5-17-37(18-6-1)47-35-48(38-19-7-2-8-20-38)60-57(59-47)65-51-27-15-13-25-43(51)45-33-41(29-31-53(45)65)55-63-64-56(67-55)42-30-32-54-46(34-42)44-26-14-16-28-52(44)66(54)58-61-49(39-21-9-3-10-22-39)36-50(62-58)40-23-11-4-12-24-40/h1-36H. The Morgan fingerprint density at radius 2 is 0.582 bits per heavy atom. The Labute approximate surface area is 384 Å². The molecule has 0 aliphatic rings. The van der Waals surface area contributed by atoms with Crippen molar-refractivity contribution in [2.45, 2.75) is 0 Å². The van der Waals surface area contributed by atoms with Gasteiger partial charge in [-0.15, -0.1) is 10.2 Å². The lowest BCUT2D eigenvalue weighted by atomic mass is 10.1. The van der Waals surface area contributed by atoms with E-state index in [0.717, 1.165) is 99.8 Å². The zero-order valence-electron chi connectivity index (χ0n) is 35.8. The van der Waals surface area contributed by atoms with Crippen molar-refractivity contribution < 1.29 is 4.42 Å². The predicted octanol–water partition coefficient (Wildman–Crippen LogP) is 13.8. The van der Waals surface area contributed by atoms with Crippen LogP contribution in [0, 0.1) is 0 Å². The van der Waals surface area contributed by atoms with Crippen LogP contribution < -0.4 is 0 Å². The first-order valence-corrected chi connectivity index (χ1v) is 22.1. The second-order valence-electron chi connectivity index (χ2n) is 16.4. The molecule has 0 amide bonds. The van der Waals surface area contributed by atoms with E-state index in [2.05, 4.69) is 141 Å². The molecule has 5 aromatic heterocycles. The molecule has 0 saturated heterocycles. The minimum atomic E-state index is 0.421. The summed E-state index contributed by atoms with van der Waals surface area (Å²) in [5.41, 5.74) is 13.0. The first-order chi connectivity index (χ1) is 33.2. The normalized spacial score (nSPS) is 11.6. The molecule has 5 heterocycles. The number of hydrogen-bond acceptors (Lipinski definition) is 7. The predicted molar refractivity (Wildman–Crippen MR) is 267 cm³/mol. The second-order valence-corrected chi connectivity index (χ2v) is 16.4. The van der Waals surface area contributed by atoms with Gasteiger partial charge in [-0.25, -0.2) is 19.9 Å². The van der Waals surface area contributed by atoms with E-state index in [-0.39, 0.29) is 0 Å². The summed E-state index contributed by atoms with van der Waals surface area (Å²) in [6.07, 6.45) is 0. The van der Waals surface area contributed by atoms with E-state index in [0.29, 0.717) is 23.7 Å². The van der Waals surface area contributed by atoms with Crippen molar-refractivity contribution in [2.75, 3.05) is 0 Å². The zero-order valence-corrected chi connectivity index (χ0v) is 35.8. The van der Waals surface area contributed by atoms with E-state index >= 15 is 0 Å². The third-order valence-electron chi connectivity index (χ3n) is 12.4. The molecule has 0 fully saturated rings. The Hall–Kier alpha value is -9.34. The third-order valence-corrected chi connectivity index (χ3v) is 12.4. The Kier molecular flexibility index (Phi) is 8.95. The minimum Gasteiger partial charge on any atom is -0.416 e. The Morgan fingerprint density at radius 3 is 0.940 bits per heavy atom. The van der Waals surface area contributed by atoms with Gasteiger partial charge in [0.25, 0.3) is 0 Å². The van der Waals surface area contributed by atoms with Crippen molar-refractivity contribution >= 4 is 43.6 Å². The lowest BCUT2D eigenvalue weighted by Crippen LogP contribution is -2.03. The van der Waals surface area contributed by atoms with Crippen LogP contribution >= 0.6 is 0 Å². The van der Waals surface area contributed by atoms with Gasteiger partial charge in [-0.1, -0.05) is 158 Å². The maximum atomic E-state index is 6.53. The SMILES string of the molecule is c1ccc(-c2cc(-c3ccccc3)nc(-n3c4ccccc4c4cc(-c5nnc(-c6ccc7c(c6)c6ccccc6n7-c6nc(-c7ccccc7)cc(-c7ccccc7)n6)o5)ccc43)n2)cc1. The van der Waals surface area contributed by atoms with E-state index in [1.165, 1.54) is 0 Å². The Balaban J connectivity index is 0.906. The van der Waals surface area contributed by atoms with Crippen molar-refractivity contribution in [1.82, 2.24) is 39.3 Å². The molecule has 0 spiro atoms. The quantitative estimate of drug-likeness (QED) is 0.150. The number of rotatable bonds is 8. The summed E-state index contributed by atoms with van der Waals surface area (Å²) in [5, 5.41) is 13.4. The first kappa shape index (κ1) is 38.1. The van der Waals surface area contributed by atoms with Crippen LogP contribution in [-0.2, 0) is 0 Å². The summed E-state index contributed by atoms with van der Waals surface area (Å²) in [6.45, 7) is 0. The van der Waals surface area contributed by atoms with Gasteiger partial charge < -0.3 is 4.42 Å². The van der Waals surface area contributed by atoms with Gasteiger partial charge in [0.1, 0.15) is 0 Å². The average molecular weight is 861 g/mol. The third kappa shape index (κ3) is 6.64. The van der Waals surface area contributed by atoms with Crippen LogP contribution in [0.25, 0.3) is 123 Å². The van der Waals surface area contributed by atoms with Crippen molar-refractivity contribution in [1.29, 1.82) is 0 Å². The van der Waals surface area contributed by atoms with E-state index in [9.17, 15) is 0 Å². The molecule has 67 heavy (non-hydrogen) atoms. The van der Waals surface area contributed by atoms with Crippen LogP contribution in [0.1, 0.15) is 0 Å². The van der Waals surface area contributed by atoms with Gasteiger partial charge in [0.2, 0.25) is 23.7 Å². The highest BCUT2D eigenvalue weighted by Gasteiger charge is 2.21. The molecule has 0 saturated carbocycles. The molecule has 9 heteroatoms. The number of para-hydroxylation sites is 2. The largest absolute Gasteiger partial charge is 0.416 e. The summed E-state index contributed by atoms with van der Waals surface area (Å²) in [6, 6.07) is 74.3. The lowest BCUT2D eigenvalue weighted by Gasteiger charge is -2.11. The number of benzene rings is 8. The maximum absolute atomic E-state index is 6.53. The number of hydrogen-bond donors (Lipinski definition) is 0. The molecule has 9 nitrogen and oxygen atoms in total. The van der Waals surface area contributed by atoms with Crippen LogP contribution in [0.5, 0.6) is 0 Å². The highest BCUT2D eigenvalue weighted by molar-refractivity contribution is 6.11. The lowest BCUT2D eigenvalue weighted by molar-refractivity contribution is 0.585.